The summed E-state index contributed by atoms with van der Waals surface area (Å²) in [5.74, 6) is -4.83. The number of aliphatic hydroxyl groups excluding tert-OH is 2. The van der Waals surface area contributed by atoms with Gasteiger partial charge in [-0.15, -0.1) is 0 Å². The molecule has 0 aliphatic heterocycles. The number of aliphatic hydroxyl groups is 2. The van der Waals surface area contributed by atoms with E-state index in [0.29, 0.717) is 12.0 Å². The van der Waals surface area contributed by atoms with Gasteiger partial charge in [0.2, 0.25) is 5.91 Å². The lowest BCUT2D eigenvalue weighted by Crippen LogP contribution is -2.39. The second-order valence-corrected chi connectivity index (χ2v) is 9.67. The van der Waals surface area contributed by atoms with Crippen molar-refractivity contribution >= 4 is 40.5 Å². The van der Waals surface area contributed by atoms with Crippen LogP contribution in [0.2, 0.25) is 5.02 Å². The SMILES string of the molecule is CC(=O)CC(=O)C1C(O)=C2C(=O)c3c(cc(Cl)c(NC(=O)CN(C)C)c3O)CC2CC1CCO. The number of amides is 1. The van der Waals surface area contributed by atoms with Crippen molar-refractivity contribution in [1.29, 1.82) is 0 Å². The standard InChI is InChI=1S/C24H29ClN2O7/c1-11(29)6-16(30)18-12(4-5-28)7-13-8-14-9-15(25)21(26-17(31)10-27(2)3)24(34)20(14)23(33)19(13)22(18)32/h9,12-13,18,28,32,34H,4-8,10H2,1-3H3,(H,26,31). The number of aromatic hydroxyl groups is 1. The fraction of sp³-hybridized carbons (Fsp3) is 0.500. The van der Waals surface area contributed by atoms with E-state index in [9.17, 15) is 34.5 Å². The number of ketones is 3. The fourth-order valence-corrected chi connectivity index (χ4v) is 5.28. The zero-order valence-corrected chi connectivity index (χ0v) is 20.1. The molecule has 0 bridgehead atoms. The first-order chi connectivity index (χ1) is 16.0. The predicted molar refractivity (Wildman–Crippen MR) is 125 cm³/mol. The van der Waals surface area contributed by atoms with Gasteiger partial charge in [0.05, 0.1) is 29.5 Å². The average Bonchev–Trinajstić information content (AvgIpc) is 2.69. The van der Waals surface area contributed by atoms with E-state index >= 15 is 0 Å². The molecular formula is C24H29ClN2O7. The number of hydrogen-bond donors (Lipinski definition) is 4. The van der Waals surface area contributed by atoms with E-state index in [4.69, 9.17) is 11.6 Å². The van der Waals surface area contributed by atoms with E-state index in [2.05, 4.69) is 5.32 Å². The molecule has 10 heteroatoms. The number of phenolic OH excluding ortho intramolecular Hbond substituents is 1. The number of Topliss-reactive ketones (excluding diaryl/α,β-unsaturated/α-hetero) is 3. The maximum absolute atomic E-state index is 13.5. The van der Waals surface area contributed by atoms with Gasteiger partial charge in [-0.05, 0) is 63.7 Å². The van der Waals surface area contributed by atoms with E-state index in [1.54, 1.807) is 19.0 Å². The van der Waals surface area contributed by atoms with Gasteiger partial charge < -0.3 is 25.5 Å². The Morgan fingerprint density at radius 1 is 1.24 bits per heavy atom. The minimum atomic E-state index is -1.08. The molecule has 0 saturated heterocycles. The van der Waals surface area contributed by atoms with Gasteiger partial charge in [0.25, 0.3) is 0 Å². The number of halogens is 1. The number of anilines is 1. The second-order valence-electron chi connectivity index (χ2n) is 9.26. The number of fused-ring (bicyclic) bond motifs is 2. The molecule has 184 valence electrons. The topological polar surface area (TPSA) is 144 Å². The Morgan fingerprint density at radius 3 is 2.50 bits per heavy atom. The average molecular weight is 493 g/mol. The number of nitrogens with one attached hydrogen (secondary N) is 1. The second kappa shape index (κ2) is 10.2. The molecule has 3 unspecified atom stereocenters. The monoisotopic (exact) mass is 492 g/mol. The largest absolute Gasteiger partial charge is 0.511 e. The van der Waals surface area contributed by atoms with Crippen molar-refractivity contribution < 1.29 is 34.5 Å². The number of allylic oxidation sites excluding steroid dienone is 2. The predicted octanol–water partition coefficient (Wildman–Crippen LogP) is 2.28. The molecule has 0 heterocycles. The molecule has 2 aliphatic rings. The van der Waals surface area contributed by atoms with Crippen LogP contribution in [-0.4, -0.2) is 70.7 Å². The van der Waals surface area contributed by atoms with Crippen LogP contribution in [0.5, 0.6) is 5.75 Å². The van der Waals surface area contributed by atoms with Gasteiger partial charge in [0.1, 0.15) is 17.2 Å². The van der Waals surface area contributed by atoms with E-state index in [1.807, 2.05) is 0 Å². The molecule has 3 atom stereocenters. The van der Waals surface area contributed by atoms with Crippen molar-refractivity contribution in [3.63, 3.8) is 0 Å². The molecule has 1 amide bonds. The van der Waals surface area contributed by atoms with Gasteiger partial charge in [0.15, 0.2) is 17.3 Å². The zero-order chi connectivity index (χ0) is 25.3. The number of carbonyl (C=O) groups is 4. The van der Waals surface area contributed by atoms with Crippen molar-refractivity contribution in [3.8, 4) is 5.75 Å². The van der Waals surface area contributed by atoms with Crippen LogP contribution in [0.3, 0.4) is 0 Å². The normalized spacial score (nSPS) is 21.8. The molecule has 9 nitrogen and oxygen atoms in total. The van der Waals surface area contributed by atoms with Gasteiger partial charge >= 0.3 is 0 Å². The Kier molecular flexibility index (Phi) is 7.80. The third-order valence-electron chi connectivity index (χ3n) is 6.30. The molecule has 3 rings (SSSR count). The highest BCUT2D eigenvalue weighted by atomic mass is 35.5. The number of carbonyl (C=O) groups excluding carboxylic acids is 4. The highest BCUT2D eigenvalue weighted by Gasteiger charge is 2.46. The lowest BCUT2D eigenvalue weighted by Gasteiger charge is -2.39. The third kappa shape index (κ3) is 5.01. The van der Waals surface area contributed by atoms with Crippen LogP contribution in [0.25, 0.3) is 0 Å². The summed E-state index contributed by atoms with van der Waals surface area (Å²) in [6.45, 7) is 1.09. The zero-order valence-electron chi connectivity index (χ0n) is 19.4. The Labute approximate surface area is 202 Å². The molecule has 0 radical (unpaired) electrons. The van der Waals surface area contributed by atoms with Crippen LogP contribution < -0.4 is 5.32 Å². The third-order valence-corrected chi connectivity index (χ3v) is 6.60. The first-order valence-electron chi connectivity index (χ1n) is 11.1. The van der Waals surface area contributed by atoms with Crippen molar-refractivity contribution in [2.45, 2.75) is 32.6 Å². The summed E-state index contributed by atoms with van der Waals surface area (Å²) in [7, 11) is 3.40. The van der Waals surface area contributed by atoms with Crippen molar-refractivity contribution in [2.24, 2.45) is 17.8 Å². The quantitative estimate of drug-likeness (QED) is 0.319. The first kappa shape index (κ1) is 25.9. The van der Waals surface area contributed by atoms with Crippen LogP contribution in [0.1, 0.15) is 42.1 Å². The number of likely N-dealkylation sites (N-methyl/N-ethyl adjacent to an activating group) is 1. The van der Waals surface area contributed by atoms with E-state index in [0.717, 1.165) is 0 Å². The molecule has 0 fully saturated rings. The summed E-state index contributed by atoms with van der Waals surface area (Å²) in [6, 6.07) is 1.52. The van der Waals surface area contributed by atoms with Crippen LogP contribution in [0, 0.1) is 17.8 Å². The lowest BCUT2D eigenvalue weighted by atomic mass is 9.65. The summed E-state index contributed by atoms with van der Waals surface area (Å²) in [5.41, 5.74) is 0.306. The summed E-state index contributed by atoms with van der Waals surface area (Å²) in [6.07, 6.45) is 0.461. The van der Waals surface area contributed by atoms with Crippen LogP contribution in [0.15, 0.2) is 17.4 Å². The van der Waals surface area contributed by atoms with Crippen molar-refractivity contribution in [1.82, 2.24) is 4.90 Å². The molecule has 0 spiro atoms. The first-order valence-corrected chi connectivity index (χ1v) is 11.4. The minimum Gasteiger partial charge on any atom is -0.511 e. The number of benzene rings is 1. The van der Waals surface area contributed by atoms with E-state index in [-0.39, 0.29) is 60.0 Å². The van der Waals surface area contributed by atoms with E-state index < -0.39 is 46.7 Å². The molecule has 1 aromatic carbocycles. The van der Waals surface area contributed by atoms with Crippen LogP contribution in [0.4, 0.5) is 5.69 Å². The number of nitrogens with zero attached hydrogens (tertiary/aromatic N) is 1. The lowest BCUT2D eigenvalue weighted by molar-refractivity contribution is -0.129. The Bertz CT molecular complexity index is 1080. The molecule has 2 aliphatic carbocycles. The highest BCUT2D eigenvalue weighted by molar-refractivity contribution is 6.35. The van der Waals surface area contributed by atoms with Crippen molar-refractivity contribution in [2.75, 3.05) is 32.6 Å². The fourth-order valence-electron chi connectivity index (χ4n) is 5.01. The summed E-state index contributed by atoms with van der Waals surface area (Å²) >= 11 is 6.32. The molecule has 1 aromatic rings. The number of hydrogen-bond acceptors (Lipinski definition) is 8. The minimum absolute atomic E-state index is 0.0202. The van der Waals surface area contributed by atoms with Gasteiger partial charge in [-0.25, -0.2) is 0 Å². The maximum Gasteiger partial charge on any atom is 0.238 e. The van der Waals surface area contributed by atoms with Gasteiger partial charge in [-0.1, -0.05) is 11.6 Å². The van der Waals surface area contributed by atoms with Gasteiger partial charge in [-0.2, -0.15) is 0 Å². The molecule has 0 aromatic heterocycles. The Hall–Kier alpha value is -2.75. The smallest absolute Gasteiger partial charge is 0.238 e. The molecular weight excluding hydrogens is 464 g/mol. The summed E-state index contributed by atoms with van der Waals surface area (Å²) < 4.78 is 0. The Morgan fingerprint density at radius 2 is 1.91 bits per heavy atom. The van der Waals surface area contributed by atoms with Gasteiger partial charge in [0, 0.05) is 12.2 Å². The van der Waals surface area contributed by atoms with Gasteiger partial charge in [-0.3, -0.25) is 19.2 Å². The van der Waals surface area contributed by atoms with Crippen LogP contribution >= 0.6 is 11.6 Å². The number of rotatable bonds is 8. The van der Waals surface area contributed by atoms with Crippen LogP contribution in [-0.2, 0) is 20.8 Å². The highest BCUT2D eigenvalue weighted by Crippen LogP contribution is 2.49. The Balaban J connectivity index is 2.07. The maximum atomic E-state index is 13.5. The summed E-state index contributed by atoms with van der Waals surface area (Å²) in [5, 5.41) is 34.0. The van der Waals surface area contributed by atoms with Crippen molar-refractivity contribution in [3.05, 3.63) is 33.5 Å². The molecule has 4 N–H and O–H groups in total. The molecule has 0 saturated carbocycles. The molecule has 34 heavy (non-hydrogen) atoms. The number of phenols is 1. The summed E-state index contributed by atoms with van der Waals surface area (Å²) in [4.78, 5) is 51.6. The van der Waals surface area contributed by atoms with E-state index in [1.165, 1.54) is 13.0 Å².